The summed E-state index contributed by atoms with van der Waals surface area (Å²) in [5.74, 6) is 0.0363. The first-order valence-corrected chi connectivity index (χ1v) is 7.30. The van der Waals surface area contributed by atoms with Crippen molar-refractivity contribution in [3.8, 4) is 23.0 Å². The van der Waals surface area contributed by atoms with E-state index in [1.807, 2.05) is 0 Å². The summed E-state index contributed by atoms with van der Waals surface area (Å²) < 4.78 is 83.8. The third-order valence-electron chi connectivity index (χ3n) is 3.53. The van der Waals surface area contributed by atoms with E-state index in [9.17, 15) is 26.3 Å². The van der Waals surface area contributed by atoms with Gasteiger partial charge in [0.1, 0.15) is 6.33 Å². The summed E-state index contributed by atoms with van der Waals surface area (Å²) in [5, 5.41) is 3.94. The van der Waals surface area contributed by atoms with Crippen LogP contribution in [-0.4, -0.2) is 26.9 Å². The molecule has 5 nitrogen and oxygen atoms in total. The summed E-state index contributed by atoms with van der Waals surface area (Å²) in [6, 6.07) is 4.26. The highest BCUT2D eigenvalue weighted by atomic mass is 19.4. The Kier molecular flexibility index (Phi) is 4.54. The molecule has 27 heavy (non-hydrogen) atoms. The Bertz CT molecular complexity index is 915. The molecule has 2 heterocycles. The van der Waals surface area contributed by atoms with Crippen LogP contribution in [0, 0.1) is 0 Å². The van der Waals surface area contributed by atoms with Gasteiger partial charge in [0.05, 0.1) is 30.1 Å². The van der Waals surface area contributed by atoms with Crippen molar-refractivity contribution in [2.24, 2.45) is 0 Å². The molecular formula is C16H10F6N4O. The molecule has 0 saturated carbocycles. The van der Waals surface area contributed by atoms with E-state index in [0.29, 0.717) is 23.7 Å². The van der Waals surface area contributed by atoms with E-state index < -0.39 is 29.0 Å². The van der Waals surface area contributed by atoms with Crippen molar-refractivity contribution >= 4 is 0 Å². The first-order valence-electron chi connectivity index (χ1n) is 7.30. The second-order valence-electron chi connectivity index (χ2n) is 5.37. The second-order valence-corrected chi connectivity index (χ2v) is 5.37. The second kappa shape index (κ2) is 6.56. The maximum atomic E-state index is 13.0. The Morgan fingerprint density at radius 3 is 2.00 bits per heavy atom. The van der Waals surface area contributed by atoms with Gasteiger partial charge in [0, 0.05) is 11.6 Å². The smallest absolute Gasteiger partial charge is 0.416 e. The number of aromatic nitrogens is 4. The number of rotatable bonds is 3. The van der Waals surface area contributed by atoms with Crippen molar-refractivity contribution < 1.29 is 31.1 Å². The molecule has 0 spiro atoms. The molecule has 0 radical (unpaired) electrons. The number of pyridine rings is 1. The summed E-state index contributed by atoms with van der Waals surface area (Å²) in [6.07, 6.45) is -7.37. The zero-order chi connectivity index (χ0) is 19.8. The van der Waals surface area contributed by atoms with Crippen LogP contribution in [0.3, 0.4) is 0 Å². The van der Waals surface area contributed by atoms with Crippen molar-refractivity contribution in [1.82, 2.24) is 19.7 Å². The van der Waals surface area contributed by atoms with Gasteiger partial charge in [-0.1, -0.05) is 0 Å². The maximum Gasteiger partial charge on any atom is 0.416 e. The minimum atomic E-state index is -4.95. The summed E-state index contributed by atoms with van der Waals surface area (Å²) in [5.41, 5.74) is -2.88. The van der Waals surface area contributed by atoms with E-state index in [4.69, 9.17) is 4.74 Å². The lowest BCUT2D eigenvalue weighted by molar-refractivity contribution is -0.143. The minimum absolute atomic E-state index is 0.0495. The number of benzene rings is 1. The molecule has 3 rings (SSSR count). The average Bonchev–Trinajstić information content (AvgIpc) is 3.10. The summed E-state index contributed by atoms with van der Waals surface area (Å²) in [6.45, 7) is 0. The summed E-state index contributed by atoms with van der Waals surface area (Å²) >= 11 is 0. The van der Waals surface area contributed by atoms with E-state index in [-0.39, 0.29) is 11.9 Å². The van der Waals surface area contributed by atoms with Crippen LogP contribution in [0.5, 0.6) is 5.88 Å². The predicted molar refractivity (Wildman–Crippen MR) is 81.1 cm³/mol. The van der Waals surface area contributed by atoms with Crippen LogP contribution in [0.25, 0.3) is 17.1 Å². The van der Waals surface area contributed by atoms with Crippen LogP contribution < -0.4 is 4.74 Å². The van der Waals surface area contributed by atoms with Crippen LogP contribution in [0.1, 0.15) is 11.1 Å². The number of nitrogens with zero attached hydrogens (tertiary/aromatic N) is 4. The van der Waals surface area contributed by atoms with Crippen LogP contribution in [0.4, 0.5) is 26.3 Å². The SMILES string of the molecule is COc1ccc(-n2cnc(-c3cc(C(F)(F)F)cc(C(F)(F)F)c3)n2)cn1. The third-order valence-corrected chi connectivity index (χ3v) is 3.53. The van der Waals surface area contributed by atoms with Gasteiger partial charge in [-0.15, -0.1) is 5.10 Å². The van der Waals surface area contributed by atoms with Gasteiger partial charge in [0.15, 0.2) is 5.82 Å². The molecule has 1 aromatic carbocycles. The molecule has 3 aromatic rings. The number of methoxy groups -OCH3 is 1. The lowest BCUT2D eigenvalue weighted by Gasteiger charge is -2.13. The van der Waals surface area contributed by atoms with E-state index in [0.717, 1.165) is 6.33 Å². The maximum absolute atomic E-state index is 13.0. The van der Waals surface area contributed by atoms with Gasteiger partial charge in [-0.2, -0.15) is 26.3 Å². The van der Waals surface area contributed by atoms with E-state index >= 15 is 0 Å². The molecule has 0 aliphatic carbocycles. The van der Waals surface area contributed by atoms with Gasteiger partial charge in [-0.05, 0) is 24.3 Å². The number of hydrogen-bond acceptors (Lipinski definition) is 4. The van der Waals surface area contributed by atoms with Crippen molar-refractivity contribution in [2.75, 3.05) is 7.11 Å². The van der Waals surface area contributed by atoms with Crippen molar-refractivity contribution in [1.29, 1.82) is 0 Å². The van der Waals surface area contributed by atoms with Crippen LogP contribution >= 0.6 is 0 Å². The van der Waals surface area contributed by atoms with Gasteiger partial charge in [-0.3, -0.25) is 0 Å². The molecule has 0 bridgehead atoms. The minimum Gasteiger partial charge on any atom is -0.481 e. The number of alkyl halides is 6. The Morgan fingerprint density at radius 2 is 1.52 bits per heavy atom. The molecule has 0 unspecified atom stereocenters. The van der Waals surface area contributed by atoms with E-state index in [1.165, 1.54) is 24.1 Å². The van der Waals surface area contributed by atoms with Crippen LogP contribution in [0.15, 0.2) is 42.9 Å². The van der Waals surface area contributed by atoms with Crippen LogP contribution in [0.2, 0.25) is 0 Å². The molecule has 0 amide bonds. The van der Waals surface area contributed by atoms with Crippen molar-refractivity contribution in [3.05, 3.63) is 54.0 Å². The fourth-order valence-electron chi connectivity index (χ4n) is 2.23. The first kappa shape index (κ1) is 18.7. The normalized spacial score (nSPS) is 12.3. The van der Waals surface area contributed by atoms with Gasteiger partial charge < -0.3 is 4.74 Å². The fraction of sp³-hybridized carbons (Fsp3) is 0.188. The Labute approximate surface area is 148 Å². The third kappa shape index (κ3) is 4.01. The highest BCUT2D eigenvalue weighted by Gasteiger charge is 2.37. The number of ether oxygens (including phenoxy) is 1. The monoisotopic (exact) mass is 388 g/mol. The zero-order valence-corrected chi connectivity index (χ0v) is 13.5. The van der Waals surface area contributed by atoms with Gasteiger partial charge in [0.25, 0.3) is 0 Å². The molecule has 0 saturated heterocycles. The Morgan fingerprint density at radius 1 is 0.889 bits per heavy atom. The summed E-state index contributed by atoms with van der Waals surface area (Å²) in [4.78, 5) is 7.75. The van der Waals surface area contributed by atoms with Gasteiger partial charge in [-0.25, -0.2) is 14.6 Å². The topological polar surface area (TPSA) is 52.8 Å². The molecule has 0 atom stereocenters. The molecule has 2 aromatic heterocycles. The number of hydrogen-bond donors (Lipinski definition) is 0. The molecule has 0 aliphatic rings. The summed E-state index contributed by atoms with van der Waals surface area (Å²) in [7, 11) is 1.42. The number of halogens is 6. The van der Waals surface area contributed by atoms with E-state index in [1.54, 1.807) is 6.07 Å². The Hall–Kier alpha value is -3.11. The predicted octanol–water partition coefficient (Wildman–Crippen LogP) is 4.38. The van der Waals surface area contributed by atoms with Gasteiger partial charge >= 0.3 is 12.4 Å². The standard InChI is InChI=1S/C16H10F6N4O/c1-27-13-3-2-12(7-23-13)26-8-24-14(25-26)9-4-10(15(17,18)19)6-11(5-9)16(20,21)22/h2-8H,1H3. The molecule has 0 aliphatic heterocycles. The van der Waals surface area contributed by atoms with Gasteiger partial charge in [0.2, 0.25) is 5.88 Å². The average molecular weight is 388 g/mol. The highest BCUT2D eigenvalue weighted by molar-refractivity contribution is 5.58. The zero-order valence-electron chi connectivity index (χ0n) is 13.5. The molecule has 0 N–H and O–H groups in total. The lowest BCUT2D eigenvalue weighted by Crippen LogP contribution is -2.11. The molecular weight excluding hydrogens is 378 g/mol. The van der Waals surface area contributed by atoms with Crippen LogP contribution in [-0.2, 0) is 12.4 Å². The lowest BCUT2D eigenvalue weighted by atomic mass is 10.0. The Balaban J connectivity index is 2.04. The largest absolute Gasteiger partial charge is 0.481 e. The fourth-order valence-corrected chi connectivity index (χ4v) is 2.23. The highest BCUT2D eigenvalue weighted by Crippen LogP contribution is 2.38. The van der Waals surface area contributed by atoms with Crippen molar-refractivity contribution in [2.45, 2.75) is 12.4 Å². The molecule has 142 valence electrons. The van der Waals surface area contributed by atoms with Crippen molar-refractivity contribution in [3.63, 3.8) is 0 Å². The quantitative estimate of drug-likeness (QED) is 0.625. The molecule has 0 fully saturated rings. The van der Waals surface area contributed by atoms with E-state index in [2.05, 4.69) is 15.1 Å². The first-order chi connectivity index (χ1) is 12.6. The molecule has 11 heteroatoms.